The Morgan fingerprint density at radius 1 is 1.17 bits per heavy atom. The lowest BCUT2D eigenvalue weighted by molar-refractivity contribution is -0.134. The second-order valence-corrected chi connectivity index (χ2v) is 8.14. The minimum atomic E-state index is -1.75. The average molecular weight is 482 g/mol. The summed E-state index contributed by atoms with van der Waals surface area (Å²) in [6, 6.07) is 9.30. The van der Waals surface area contributed by atoms with Crippen molar-refractivity contribution < 1.29 is 23.5 Å². The predicted octanol–water partition coefficient (Wildman–Crippen LogP) is 3.41. The van der Waals surface area contributed by atoms with E-state index in [9.17, 15) is 23.5 Å². The number of likely N-dealkylation sites (N-methyl/N-ethyl adjacent to an activating group) is 1. The Kier molecular flexibility index (Phi) is 6.35. The summed E-state index contributed by atoms with van der Waals surface area (Å²) in [6.07, 6.45) is 0.146. The summed E-state index contributed by atoms with van der Waals surface area (Å²) in [5, 5.41) is 18.9. The van der Waals surface area contributed by atoms with Gasteiger partial charge in [0.1, 0.15) is 17.3 Å². The van der Waals surface area contributed by atoms with E-state index in [2.05, 4.69) is 25.9 Å². The highest BCUT2D eigenvalue weighted by Crippen LogP contribution is 2.36. The smallest absolute Gasteiger partial charge is 0.277 e. The highest BCUT2D eigenvalue weighted by Gasteiger charge is 2.45. The number of rotatable bonds is 6. The maximum absolute atomic E-state index is 14.7. The van der Waals surface area contributed by atoms with Crippen LogP contribution in [0.3, 0.4) is 0 Å². The monoisotopic (exact) mass is 482 g/mol. The molecule has 2 amide bonds. The molecule has 0 spiro atoms. The Morgan fingerprint density at radius 3 is 2.54 bits per heavy atom. The predicted molar refractivity (Wildman–Crippen MR) is 127 cm³/mol. The van der Waals surface area contributed by atoms with E-state index >= 15 is 0 Å². The number of amides is 2. The van der Waals surface area contributed by atoms with Crippen LogP contribution in [0, 0.1) is 18.6 Å². The van der Waals surface area contributed by atoms with Gasteiger partial charge in [-0.1, -0.05) is 13.0 Å². The molecule has 4 rings (SSSR count). The van der Waals surface area contributed by atoms with Crippen molar-refractivity contribution in [3.05, 3.63) is 70.9 Å². The Labute approximate surface area is 200 Å². The molecule has 2 heterocycles. The van der Waals surface area contributed by atoms with Crippen molar-refractivity contribution in [3.63, 3.8) is 0 Å². The molecule has 1 aliphatic rings. The summed E-state index contributed by atoms with van der Waals surface area (Å²) in [5.41, 5.74) is -0.116. The van der Waals surface area contributed by atoms with Gasteiger partial charge >= 0.3 is 0 Å². The number of nitrogens with one attached hydrogen (secondary N) is 3. The third-order valence-corrected chi connectivity index (χ3v) is 5.89. The van der Waals surface area contributed by atoms with Crippen molar-refractivity contribution in [1.82, 2.24) is 9.97 Å². The van der Waals surface area contributed by atoms with Gasteiger partial charge in [-0.25, -0.2) is 13.8 Å². The van der Waals surface area contributed by atoms with Crippen LogP contribution in [0.1, 0.15) is 35.0 Å². The zero-order chi connectivity index (χ0) is 25.3. The number of aryl methyl sites for hydroxylation is 1. The van der Waals surface area contributed by atoms with Crippen molar-refractivity contribution in [1.29, 1.82) is 0 Å². The van der Waals surface area contributed by atoms with Gasteiger partial charge in [0.15, 0.2) is 5.82 Å². The number of benzene rings is 2. The van der Waals surface area contributed by atoms with Gasteiger partial charge in [0, 0.05) is 36.8 Å². The van der Waals surface area contributed by atoms with Gasteiger partial charge in [-0.2, -0.15) is 4.98 Å². The number of hydrogen-bond donors (Lipinski definition) is 4. The zero-order valence-corrected chi connectivity index (χ0v) is 19.3. The van der Waals surface area contributed by atoms with Crippen molar-refractivity contribution in [2.45, 2.75) is 32.5 Å². The Bertz CT molecular complexity index is 1300. The minimum Gasteiger partial charge on any atom is -0.363 e. The molecule has 182 valence electrons. The van der Waals surface area contributed by atoms with Gasteiger partial charge < -0.3 is 26.0 Å². The third kappa shape index (κ3) is 4.62. The second-order valence-electron chi connectivity index (χ2n) is 8.14. The zero-order valence-electron chi connectivity index (χ0n) is 19.3. The Morgan fingerprint density at radius 2 is 1.89 bits per heavy atom. The Hall–Kier alpha value is -4.12. The van der Waals surface area contributed by atoms with Gasteiger partial charge in [-0.15, -0.1) is 0 Å². The number of anilines is 4. The minimum absolute atomic E-state index is 0.0258. The molecule has 0 bridgehead atoms. The molecule has 4 N–H and O–H groups in total. The molecule has 0 saturated heterocycles. The third-order valence-electron chi connectivity index (χ3n) is 5.89. The summed E-state index contributed by atoms with van der Waals surface area (Å²) < 4.78 is 27.7. The summed E-state index contributed by atoms with van der Waals surface area (Å²) in [7, 11) is 1.56. The molecule has 35 heavy (non-hydrogen) atoms. The molecule has 1 atom stereocenters. The molecule has 0 fully saturated rings. The molecule has 0 saturated carbocycles. The van der Waals surface area contributed by atoms with E-state index in [1.54, 1.807) is 20.9 Å². The highest BCUT2D eigenvalue weighted by atomic mass is 19.1. The van der Waals surface area contributed by atoms with Gasteiger partial charge in [0.25, 0.3) is 11.8 Å². The summed E-state index contributed by atoms with van der Waals surface area (Å²) >= 11 is 0. The van der Waals surface area contributed by atoms with Crippen LogP contribution >= 0.6 is 0 Å². The van der Waals surface area contributed by atoms with E-state index in [0.717, 1.165) is 6.07 Å². The highest BCUT2D eigenvalue weighted by molar-refractivity contribution is 6.05. The van der Waals surface area contributed by atoms with Crippen LogP contribution in [0.25, 0.3) is 0 Å². The largest absolute Gasteiger partial charge is 0.363 e. The first kappa shape index (κ1) is 24.0. The van der Waals surface area contributed by atoms with Crippen LogP contribution in [0.4, 0.5) is 31.9 Å². The van der Waals surface area contributed by atoms with Crippen LogP contribution in [0.15, 0.2) is 42.5 Å². The first-order chi connectivity index (χ1) is 16.6. The summed E-state index contributed by atoms with van der Waals surface area (Å²) in [6.45, 7) is 3.39. The molecule has 11 heteroatoms. The summed E-state index contributed by atoms with van der Waals surface area (Å²) in [5.74, 6) is -1.62. The number of carbonyl (C=O) groups is 2. The van der Waals surface area contributed by atoms with E-state index in [1.165, 1.54) is 41.3 Å². The van der Waals surface area contributed by atoms with Gasteiger partial charge in [0.2, 0.25) is 11.7 Å². The van der Waals surface area contributed by atoms with Gasteiger partial charge in [0.05, 0.1) is 5.69 Å². The molecule has 9 nitrogen and oxygen atoms in total. The first-order valence-electron chi connectivity index (χ1n) is 10.9. The van der Waals surface area contributed by atoms with Crippen LogP contribution in [-0.2, 0) is 11.3 Å². The number of carbonyl (C=O) groups excluding carboxylic acids is 2. The lowest BCUT2D eigenvalue weighted by Crippen LogP contribution is -2.58. The lowest BCUT2D eigenvalue weighted by Gasteiger charge is -2.40. The van der Waals surface area contributed by atoms with Crippen molar-refractivity contribution in [2.75, 3.05) is 27.9 Å². The van der Waals surface area contributed by atoms with Crippen molar-refractivity contribution in [3.8, 4) is 0 Å². The van der Waals surface area contributed by atoms with Crippen LogP contribution in [0.2, 0.25) is 0 Å². The number of nitrogens with zero attached hydrogens (tertiary/aromatic N) is 3. The van der Waals surface area contributed by atoms with E-state index in [0.29, 0.717) is 22.9 Å². The SMILES string of the molecule is CC[C@]1(O)C(=O)Nc2c(C)nc(NCc3ccc(C(=O)Nc4ccc(F)cc4)cc3F)nc2N1C. The van der Waals surface area contributed by atoms with Gasteiger partial charge in [-0.3, -0.25) is 9.59 Å². The number of halogens is 2. The van der Waals surface area contributed by atoms with E-state index in [4.69, 9.17) is 0 Å². The van der Waals surface area contributed by atoms with Crippen molar-refractivity contribution >= 4 is 35.0 Å². The number of aliphatic hydroxyl groups is 1. The molecule has 0 unspecified atom stereocenters. The maximum Gasteiger partial charge on any atom is 0.277 e. The van der Waals surface area contributed by atoms with E-state index < -0.39 is 29.2 Å². The Balaban J connectivity index is 1.48. The maximum atomic E-state index is 14.7. The fourth-order valence-electron chi connectivity index (χ4n) is 3.71. The fraction of sp³-hybridized carbons (Fsp3) is 0.250. The molecule has 1 aromatic heterocycles. The average Bonchev–Trinajstić information content (AvgIpc) is 2.84. The lowest BCUT2D eigenvalue weighted by atomic mass is 10.0. The molecule has 1 aliphatic heterocycles. The standard InChI is InChI=1S/C24H24F2N6O3/c1-4-24(35)22(34)30-19-13(2)28-23(31-20(19)32(24)3)27-12-15-6-5-14(11-18(15)26)21(33)29-17-9-7-16(25)8-10-17/h5-11,35H,4,12H2,1-3H3,(H,29,33)(H,30,34)(H,27,28,31)/t24-/m0/s1. The second kappa shape index (κ2) is 9.26. The number of fused-ring (bicyclic) bond motifs is 1. The van der Waals surface area contributed by atoms with E-state index in [1.807, 2.05) is 0 Å². The molecule has 2 aromatic carbocycles. The molecule has 0 radical (unpaired) electrons. The topological polar surface area (TPSA) is 119 Å². The number of hydrogen-bond acceptors (Lipinski definition) is 7. The van der Waals surface area contributed by atoms with Crippen molar-refractivity contribution in [2.24, 2.45) is 0 Å². The first-order valence-corrected chi connectivity index (χ1v) is 10.9. The van der Waals surface area contributed by atoms with Crippen LogP contribution < -0.4 is 20.9 Å². The molecule has 0 aliphatic carbocycles. The molecular formula is C24H24F2N6O3. The van der Waals surface area contributed by atoms with Crippen LogP contribution in [0.5, 0.6) is 0 Å². The quantitative estimate of drug-likeness (QED) is 0.425. The fourth-order valence-corrected chi connectivity index (χ4v) is 3.71. The normalized spacial score (nSPS) is 17.0. The van der Waals surface area contributed by atoms with E-state index in [-0.39, 0.29) is 30.0 Å². The molecule has 3 aromatic rings. The van der Waals surface area contributed by atoms with Gasteiger partial charge in [-0.05, 0) is 43.3 Å². The summed E-state index contributed by atoms with van der Waals surface area (Å²) in [4.78, 5) is 34.8. The molecular weight excluding hydrogens is 458 g/mol. The number of aromatic nitrogens is 2. The van der Waals surface area contributed by atoms with Crippen LogP contribution in [-0.4, -0.2) is 39.7 Å².